The molecule has 0 amide bonds. The average molecular weight is 214 g/mol. The van der Waals surface area contributed by atoms with Crippen molar-refractivity contribution in [2.45, 2.75) is 44.7 Å². The van der Waals surface area contributed by atoms with Crippen LogP contribution >= 0.6 is 0 Å². The third kappa shape index (κ3) is 4.96. The van der Waals surface area contributed by atoms with Crippen LogP contribution in [0.15, 0.2) is 0 Å². The lowest BCUT2D eigenvalue weighted by Gasteiger charge is -2.24. The van der Waals surface area contributed by atoms with E-state index in [2.05, 4.69) is 24.2 Å². The second-order valence-corrected chi connectivity index (χ2v) is 4.72. The summed E-state index contributed by atoms with van der Waals surface area (Å²) in [6.07, 6.45) is 5.57. The van der Waals surface area contributed by atoms with E-state index in [0.29, 0.717) is 6.04 Å². The van der Waals surface area contributed by atoms with Gasteiger partial charge in [0.05, 0.1) is 6.61 Å². The van der Waals surface area contributed by atoms with Crippen LogP contribution in [0.4, 0.5) is 0 Å². The van der Waals surface area contributed by atoms with Gasteiger partial charge in [-0.3, -0.25) is 0 Å². The van der Waals surface area contributed by atoms with Crippen LogP contribution in [0.1, 0.15) is 32.6 Å². The summed E-state index contributed by atoms with van der Waals surface area (Å²) < 4.78 is 5.14. The fraction of sp³-hybridized carbons (Fsp3) is 1.00. The van der Waals surface area contributed by atoms with Gasteiger partial charge in [0.2, 0.25) is 0 Å². The summed E-state index contributed by atoms with van der Waals surface area (Å²) in [6, 6.07) is 1.30. The van der Waals surface area contributed by atoms with Crippen molar-refractivity contribution in [3.05, 3.63) is 0 Å². The van der Waals surface area contributed by atoms with E-state index in [9.17, 15) is 0 Å². The summed E-state index contributed by atoms with van der Waals surface area (Å²) in [7, 11) is 3.93. The van der Waals surface area contributed by atoms with Crippen LogP contribution in [0.25, 0.3) is 0 Å². The molecule has 3 nitrogen and oxygen atoms in total. The molecule has 1 rings (SSSR count). The zero-order chi connectivity index (χ0) is 11.1. The molecule has 0 spiro atoms. The Morgan fingerprint density at radius 3 is 2.67 bits per heavy atom. The minimum Gasteiger partial charge on any atom is -0.383 e. The van der Waals surface area contributed by atoms with Crippen LogP contribution < -0.4 is 5.32 Å². The summed E-state index contributed by atoms with van der Waals surface area (Å²) in [4.78, 5) is 2.35. The van der Waals surface area contributed by atoms with Crippen LogP contribution in [-0.4, -0.2) is 50.8 Å². The summed E-state index contributed by atoms with van der Waals surface area (Å²) in [6.45, 7) is 5.25. The third-order valence-electron chi connectivity index (χ3n) is 3.41. The predicted molar refractivity (Wildman–Crippen MR) is 64.2 cm³/mol. The highest BCUT2D eigenvalue weighted by atomic mass is 16.5. The maximum absolute atomic E-state index is 5.14. The Hall–Kier alpha value is -0.120. The van der Waals surface area contributed by atoms with Crippen molar-refractivity contribution in [2.75, 3.05) is 33.9 Å². The summed E-state index contributed by atoms with van der Waals surface area (Å²) in [5.41, 5.74) is 0. The highest BCUT2D eigenvalue weighted by Gasteiger charge is 2.14. The first-order valence-corrected chi connectivity index (χ1v) is 6.16. The highest BCUT2D eigenvalue weighted by Crippen LogP contribution is 2.17. The van der Waals surface area contributed by atoms with E-state index in [4.69, 9.17) is 4.74 Å². The largest absolute Gasteiger partial charge is 0.383 e. The van der Waals surface area contributed by atoms with Crippen molar-refractivity contribution >= 4 is 0 Å². The van der Waals surface area contributed by atoms with E-state index in [0.717, 1.165) is 25.7 Å². The molecule has 0 aromatic heterocycles. The first-order valence-electron chi connectivity index (χ1n) is 6.16. The monoisotopic (exact) mass is 214 g/mol. The number of methoxy groups -OCH3 is 1. The standard InChI is InChI=1S/C12H26N2O/c1-11(10-15-3)14(2)9-8-13-12-6-4-5-7-12/h11-13H,4-10H2,1-3H3. The highest BCUT2D eigenvalue weighted by molar-refractivity contribution is 4.74. The zero-order valence-corrected chi connectivity index (χ0v) is 10.5. The molecule has 1 aliphatic carbocycles. The fourth-order valence-corrected chi connectivity index (χ4v) is 2.16. The number of nitrogens with one attached hydrogen (secondary N) is 1. The molecule has 1 atom stereocenters. The molecule has 1 saturated carbocycles. The molecule has 1 fully saturated rings. The van der Waals surface area contributed by atoms with Gasteiger partial charge >= 0.3 is 0 Å². The first-order chi connectivity index (χ1) is 7.24. The minimum atomic E-state index is 0.514. The smallest absolute Gasteiger partial charge is 0.0615 e. The van der Waals surface area contributed by atoms with E-state index in [-0.39, 0.29) is 0 Å². The third-order valence-corrected chi connectivity index (χ3v) is 3.41. The Labute approximate surface area is 94.2 Å². The van der Waals surface area contributed by atoms with E-state index in [1.807, 2.05) is 0 Å². The molecule has 0 radical (unpaired) electrons. The van der Waals surface area contributed by atoms with Gasteiger partial charge in [-0.05, 0) is 26.8 Å². The number of likely N-dealkylation sites (N-methyl/N-ethyl adjacent to an activating group) is 1. The normalized spacial score (nSPS) is 20.0. The molecule has 0 aromatic rings. The van der Waals surface area contributed by atoms with Crippen molar-refractivity contribution in [3.63, 3.8) is 0 Å². The molecule has 0 saturated heterocycles. The SMILES string of the molecule is COCC(C)N(C)CCNC1CCCC1. The molecule has 15 heavy (non-hydrogen) atoms. The van der Waals surface area contributed by atoms with Crippen LogP contribution in [0.2, 0.25) is 0 Å². The van der Waals surface area contributed by atoms with Crippen molar-refractivity contribution in [1.29, 1.82) is 0 Å². The number of hydrogen-bond donors (Lipinski definition) is 1. The Morgan fingerprint density at radius 2 is 2.07 bits per heavy atom. The van der Waals surface area contributed by atoms with Crippen LogP contribution in [0.3, 0.4) is 0 Å². The Bertz CT molecular complexity index is 158. The van der Waals surface area contributed by atoms with E-state index in [1.54, 1.807) is 7.11 Å². The molecular formula is C12H26N2O. The molecule has 3 heteroatoms. The lowest BCUT2D eigenvalue weighted by atomic mass is 10.2. The number of hydrogen-bond acceptors (Lipinski definition) is 3. The Morgan fingerprint density at radius 1 is 1.40 bits per heavy atom. The molecule has 0 aromatic carbocycles. The lowest BCUT2D eigenvalue weighted by Crippen LogP contribution is -2.39. The molecule has 0 heterocycles. The van der Waals surface area contributed by atoms with E-state index >= 15 is 0 Å². The molecular weight excluding hydrogens is 188 g/mol. The van der Waals surface area contributed by atoms with Crippen molar-refractivity contribution < 1.29 is 4.74 Å². The van der Waals surface area contributed by atoms with E-state index in [1.165, 1.54) is 25.7 Å². The van der Waals surface area contributed by atoms with Crippen LogP contribution in [0.5, 0.6) is 0 Å². The van der Waals surface area contributed by atoms with Gasteiger partial charge in [-0.2, -0.15) is 0 Å². The second-order valence-electron chi connectivity index (χ2n) is 4.72. The molecule has 1 aliphatic rings. The van der Waals surface area contributed by atoms with Gasteiger partial charge < -0.3 is 15.0 Å². The zero-order valence-electron chi connectivity index (χ0n) is 10.5. The fourth-order valence-electron chi connectivity index (χ4n) is 2.16. The van der Waals surface area contributed by atoms with Gasteiger partial charge in [-0.25, -0.2) is 0 Å². The number of nitrogens with zero attached hydrogens (tertiary/aromatic N) is 1. The predicted octanol–water partition coefficient (Wildman–Crippen LogP) is 1.49. The minimum absolute atomic E-state index is 0.514. The topological polar surface area (TPSA) is 24.5 Å². The van der Waals surface area contributed by atoms with Crippen molar-refractivity contribution in [3.8, 4) is 0 Å². The Kier molecular flexibility index (Phi) is 6.22. The van der Waals surface area contributed by atoms with Crippen molar-refractivity contribution in [1.82, 2.24) is 10.2 Å². The maximum Gasteiger partial charge on any atom is 0.0615 e. The van der Waals surface area contributed by atoms with Gasteiger partial charge in [0.15, 0.2) is 0 Å². The molecule has 0 bridgehead atoms. The van der Waals surface area contributed by atoms with Gasteiger partial charge in [0, 0.05) is 32.3 Å². The van der Waals surface area contributed by atoms with Crippen LogP contribution in [-0.2, 0) is 4.74 Å². The molecule has 1 N–H and O–H groups in total. The van der Waals surface area contributed by atoms with Crippen molar-refractivity contribution in [2.24, 2.45) is 0 Å². The summed E-state index contributed by atoms with van der Waals surface area (Å²) >= 11 is 0. The van der Waals surface area contributed by atoms with Gasteiger partial charge in [-0.1, -0.05) is 12.8 Å². The van der Waals surface area contributed by atoms with E-state index < -0.39 is 0 Å². The van der Waals surface area contributed by atoms with Crippen LogP contribution in [0, 0.1) is 0 Å². The number of rotatable bonds is 7. The molecule has 1 unspecified atom stereocenters. The first kappa shape index (κ1) is 12.9. The average Bonchev–Trinajstić information content (AvgIpc) is 2.71. The summed E-state index contributed by atoms with van der Waals surface area (Å²) in [5.74, 6) is 0. The second kappa shape index (κ2) is 7.20. The number of ether oxygens (including phenoxy) is 1. The van der Waals surface area contributed by atoms with Gasteiger partial charge in [0.25, 0.3) is 0 Å². The quantitative estimate of drug-likeness (QED) is 0.695. The maximum atomic E-state index is 5.14. The molecule has 90 valence electrons. The Balaban J connectivity index is 2.02. The summed E-state index contributed by atoms with van der Waals surface area (Å²) in [5, 5.41) is 3.63. The van der Waals surface area contributed by atoms with Gasteiger partial charge in [0.1, 0.15) is 0 Å². The van der Waals surface area contributed by atoms with Gasteiger partial charge in [-0.15, -0.1) is 0 Å². The lowest BCUT2D eigenvalue weighted by molar-refractivity contribution is 0.115. The molecule has 0 aliphatic heterocycles.